The van der Waals surface area contributed by atoms with E-state index in [0.717, 1.165) is 25.5 Å². The summed E-state index contributed by atoms with van der Waals surface area (Å²) in [5.74, 6) is -1.11. The van der Waals surface area contributed by atoms with Crippen LogP contribution in [0.3, 0.4) is 0 Å². The molecule has 1 saturated heterocycles. The Labute approximate surface area is 97.6 Å². The van der Waals surface area contributed by atoms with Gasteiger partial charge in [0.05, 0.1) is 17.2 Å². The third kappa shape index (κ3) is 1.47. The van der Waals surface area contributed by atoms with E-state index in [1.54, 1.807) is 0 Å². The predicted molar refractivity (Wildman–Crippen MR) is 60.7 cm³/mol. The van der Waals surface area contributed by atoms with Gasteiger partial charge in [-0.25, -0.2) is 8.78 Å². The fourth-order valence-electron chi connectivity index (χ4n) is 2.68. The van der Waals surface area contributed by atoms with Crippen LogP contribution in [0.2, 0.25) is 0 Å². The van der Waals surface area contributed by atoms with Crippen molar-refractivity contribution in [3.8, 4) is 0 Å². The SMILES string of the molecule is CC1(c2c(F)cc(F)c3ccoc23)CCCN1. The van der Waals surface area contributed by atoms with Crippen molar-refractivity contribution in [1.82, 2.24) is 5.32 Å². The van der Waals surface area contributed by atoms with Gasteiger partial charge in [0.15, 0.2) is 0 Å². The molecular weight excluding hydrogens is 224 g/mol. The number of benzene rings is 1. The first-order chi connectivity index (χ1) is 8.12. The zero-order chi connectivity index (χ0) is 12.0. The summed E-state index contributed by atoms with van der Waals surface area (Å²) in [6.45, 7) is 2.77. The Kier molecular flexibility index (Phi) is 2.23. The maximum Gasteiger partial charge on any atom is 0.144 e. The number of nitrogens with one attached hydrogen (secondary N) is 1. The zero-order valence-corrected chi connectivity index (χ0v) is 9.52. The van der Waals surface area contributed by atoms with E-state index in [2.05, 4.69) is 5.32 Å². The predicted octanol–water partition coefficient (Wildman–Crippen LogP) is 3.31. The van der Waals surface area contributed by atoms with Crippen LogP contribution in [0.1, 0.15) is 25.3 Å². The summed E-state index contributed by atoms with van der Waals surface area (Å²) in [5.41, 5.74) is 0.296. The van der Waals surface area contributed by atoms with Crippen molar-refractivity contribution < 1.29 is 13.2 Å². The standard InChI is InChI=1S/C13H13F2NO/c1-13(4-2-5-16-13)11-10(15)7-9(14)8-3-6-17-12(8)11/h3,6-7,16H,2,4-5H2,1H3. The summed E-state index contributed by atoms with van der Waals surface area (Å²) in [5, 5.41) is 3.61. The Hall–Kier alpha value is -1.42. The Balaban J connectivity index is 2.31. The Morgan fingerprint density at radius 2 is 2.18 bits per heavy atom. The van der Waals surface area contributed by atoms with E-state index in [1.165, 1.54) is 12.3 Å². The van der Waals surface area contributed by atoms with Gasteiger partial charge in [-0.15, -0.1) is 0 Å². The summed E-state index contributed by atoms with van der Waals surface area (Å²) < 4.78 is 32.8. The minimum absolute atomic E-state index is 0.319. The summed E-state index contributed by atoms with van der Waals surface area (Å²) in [6.07, 6.45) is 3.20. The third-order valence-corrected chi connectivity index (χ3v) is 3.56. The molecule has 1 aromatic carbocycles. The molecule has 4 heteroatoms. The maximum absolute atomic E-state index is 14.0. The number of hydrogen-bond acceptors (Lipinski definition) is 2. The largest absolute Gasteiger partial charge is 0.464 e. The first-order valence-corrected chi connectivity index (χ1v) is 5.72. The van der Waals surface area contributed by atoms with Gasteiger partial charge >= 0.3 is 0 Å². The van der Waals surface area contributed by atoms with Crippen molar-refractivity contribution in [3.63, 3.8) is 0 Å². The van der Waals surface area contributed by atoms with Crippen molar-refractivity contribution in [3.05, 3.63) is 35.6 Å². The summed E-state index contributed by atoms with van der Waals surface area (Å²) in [6, 6.07) is 2.48. The highest BCUT2D eigenvalue weighted by Gasteiger charge is 2.36. The molecule has 2 nitrogen and oxygen atoms in total. The molecule has 2 heterocycles. The molecule has 0 radical (unpaired) electrons. The summed E-state index contributed by atoms with van der Waals surface area (Å²) in [7, 11) is 0. The lowest BCUT2D eigenvalue weighted by Gasteiger charge is -2.25. The number of hydrogen-bond donors (Lipinski definition) is 1. The Morgan fingerprint density at radius 1 is 1.35 bits per heavy atom. The molecule has 3 rings (SSSR count). The number of rotatable bonds is 1. The quantitative estimate of drug-likeness (QED) is 0.823. The lowest BCUT2D eigenvalue weighted by atomic mass is 9.89. The molecule has 1 N–H and O–H groups in total. The fraction of sp³-hybridized carbons (Fsp3) is 0.385. The van der Waals surface area contributed by atoms with Crippen LogP contribution >= 0.6 is 0 Å². The van der Waals surface area contributed by atoms with Crippen LogP contribution in [0.4, 0.5) is 8.78 Å². The molecule has 90 valence electrons. The van der Waals surface area contributed by atoms with Gasteiger partial charge in [-0.1, -0.05) is 0 Å². The molecular formula is C13H13F2NO. The smallest absolute Gasteiger partial charge is 0.144 e. The molecule has 0 saturated carbocycles. The molecule has 0 amide bonds. The van der Waals surface area contributed by atoms with E-state index >= 15 is 0 Å². The molecule has 1 fully saturated rings. The number of fused-ring (bicyclic) bond motifs is 1. The second kappa shape index (κ2) is 3.53. The van der Waals surface area contributed by atoms with Gasteiger partial charge in [0.25, 0.3) is 0 Å². The van der Waals surface area contributed by atoms with Gasteiger partial charge in [0.1, 0.15) is 17.2 Å². The van der Waals surface area contributed by atoms with Gasteiger partial charge in [0, 0.05) is 11.6 Å². The normalized spacial score (nSPS) is 24.6. The molecule has 17 heavy (non-hydrogen) atoms. The minimum Gasteiger partial charge on any atom is -0.464 e. The van der Waals surface area contributed by atoms with E-state index in [4.69, 9.17) is 4.42 Å². The lowest BCUT2D eigenvalue weighted by molar-refractivity contribution is 0.405. The van der Waals surface area contributed by atoms with Crippen LogP contribution in [0.15, 0.2) is 22.8 Å². The first kappa shape index (κ1) is 10.7. The molecule has 1 atom stereocenters. The topological polar surface area (TPSA) is 25.2 Å². The molecule has 1 aromatic heterocycles. The van der Waals surface area contributed by atoms with E-state index in [-0.39, 0.29) is 0 Å². The number of halogens is 2. The minimum atomic E-state index is -0.573. The molecule has 0 spiro atoms. The average Bonchev–Trinajstić information content (AvgIpc) is 2.87. The van der Waals surface area contributed by atoms with Gasteiger partial charge in [-0.2, -0.15) is 0 Å². The average molecular weight is 237 g/mol. The van der Waals surface area contributed by atoms with Crippen LogP contribution in [-0.4, -0.2) is 6.54 Å². The highest BCUT2D eigenvalue weighted by molar-refractivity contribution is 5.82. The second-order valence-electron chi connectivity index (χ2n) is 4.74. The Morgan fingerprint density at radius 3 is 2.88 bits per heavy atom. The first-order valence-electron chi connectivity index (χ1n) is 5.72. The summed E-state index contributed by atoms with van der Waals surface area (Å²) in [4.78, 5) is 0. The molecule has 1 aliphatic rings. The molecule has 1 aliphatic heterocycles. The van der Waals surface area contributed by atoms with Crippen molar-refractivity contribution in [1.29, 1.82) is 0 Å². The summed E-state index contributed by atoms with van der Waals surface area (Å²) >= 11 is 0. The fourth-order valence-corrected chi connectivity index (χ4v) is 2.68. The third-order valence-electron chi connectivity index (χ3n) is 3.56. The van der Waals surface area contributed by atoms with E-state index in [9.17, 15) is 8.78 Å². The van der Waals surface area contributed by atoms with Gasteiger partial charge in [0.2, 0.25) is 0 Å². The number of furan rings is 1. The van der Waals surface area contributed by atoms with Crippen molar-refractivity contribution in [2.45, 2.75) is 25.3 Å². The van der Waals surface area contributed by atoms with Crippen LogP contribution in [0.5, 0.6) is 0 Å². The highest BCUT2D eigenvalue weighted by atomic mass is 19.1. The monoisotopic (exact) mass is 237 g/mol. The van der Waals surface area contributed by atoms with E-state index in [1.807, 2.05) is 6.92 Å². The van der Waals surface area contributed by atoms with Crippen LogP contribution in [0, 0.1) is 11.6 Å². The van der Waals surface area contributed by atoms with Gasteiger partial charge in [-0.05, 0) is 32.4 Å². The van der Waals surface area contributed by atoms with Crippen molar-refractivity contribution >= 4 is 11.0 Å². The van der Waals surface area contributed by atoms with E-state index in [0.29, 0.717) is 16.5 Å². The van der Waals surface area contributed by atoms with Gasteiger partial charge in [-0.3, -0.25) is 0 Å². The zero-order valence-electron chi connectivity index (χ0n) is 9.52. The van der Waals surface area contributed by atoms with Crippen LogP contribution in [-0.2, 0) is 5.54 Å². The van der Waals surface area contributed by atoms with E-state index < -0.39 is 17.2 Å². The van der Waals surface area contributed by atoms with Crippen molar-refractivity contribution in [2.24, 2.45) is 0 Å². The van der Waals surface area contributed by atoms with Crippen molar-refractivity contribution in [2.75, 3.05) is 6.54 Å². The highest BCUT2D eigenvalue weighted by Crippen LogP contribution is 2.38. The maximum atomic E-state index is 14.0. The van der Waals surface area contributed by atoms with Crippen LogP contribution in [0.25, 0.3) is 11.0 Å². The van der Waals surface area contributed by atoms with Crippen LogP contribution < -0.4 is 5.32 Å². The molecule has 2 aromatic rings. The van der Waals surface area contributed by atoms with Gasteiger partial charge < -0.3 is 9.73 Å². The second-order valence-corrected chi connectivity index (χ2v) is 4.74. The molecule has 1 unspecified atom stereocenters. The molecule has 0 bridgehead atoms. The molecule has 0 aliphatic carbocycles. The lowest BCUT2D eigenvalue weighted by Crippen LogP contribution is -2.34. The Bertz CT molecular complexity index is 570.